The summed E-state index contributed by atoms with van der Waals surface area (Å²) < 4.78 is 13.8. The van der Waals surface area contributed by atoms with Crippen molar-refractivity contribution in [3.8, 4) is 5.75 Å². The zero-order valence-corrected chi connectivity index (χ0v) is 23.6. The van der Waals surface area contributed by atoms with E-state index < -0.39 is 12.0 Å². The highest BCUT2D eigenvalue weighted by molar-refractivity contribution is 7.07. The van der Waals surface area contributed by atoms with Crippen molar-refractivity contribution in [1.29, 1.82) is 0 Å². The fourth-order valence-corrected chi connectivity index (χ4v) is 6.23. The van der Waals surface area contributed by atoms with Gasteiger partial charge in [-0.1, -0.05) is 102 Å². The maximum atomic E-state index is 13.9. The van der Waals surface area contributed by atoms with Gasteiger partial charge >= 0.3 is 5.97 Å². The van der Waals surface area contributed by atoms with Gasteiger partial charge in [-0.15, -0.1) is 0 Å². The van der Waals surface area contributed by atoms with Crippen molar-refractivity contribution in [2.24, 2.45) is 4.99 Å². The molecule has 0 fully saturated rings. The van der Waals surface area contributed by atoms with Gasteiger partial charge in [0.05, 0.1) is 28.5 Å². The Hall–Kier alpha value is -4.75. The van der Waals surface area contributed by atoms with Crippen LogP contribution < -0.4 is 19.6 Å². The number of carbonyl (C=O) groups excluding carboxylic acids is 1. The molecule has 0 N–H and O–H groups in total. The summed E-state index contributed by atoms with van der Waals surface area (Å²) in [4.78, 5) is 32.2. The van der Waals surface area contributed by atoms with Crippen LogP contribution in [0.1, 0.15) is 36.6 Å². The van der Waals surface area contributed by atoms with Crippen LogP contribution in [0.2, 0.25) is 0 Å². The predicted octanol–water partition coefficient (Wildman–Crippen LogP) is 5.53. The largest absolute Gasteiger partial charge is 0.488 e. The summed E-state index contributed by atoms with van der Waals surface area (Å²) in [6.07, 6.45) is 1.84. The molecule has 4 aromatic carbocycles. The number of carbonyl (C=O) groups is 1. The molecule has 6 nitrogen and oxygen atoms in total. The van der Waals surface area contributed by atoms with Crippen LogP contribution in [-0.2, 0) is 16.1 Å². The van der Waals surface area contributed by atoms with Crippen LogP contribution in [0.4, 0.5) is 0 Å². The van der Waals surface area contributed by atoms with Gasteiger partial charge < -0.3 is 9.47 Å². The highest BCUT2D eigenvalue weighted by atomic mass is 32.1. The topological polar surface area (TPSA) is 69.9 Å². The van der Waals surface area contributed by atoms with Crippen LogP contribution in [0, 0.1) is 0 Å². The number of aromatic nitrogens is 1. The second-order valence-electron chi connectivity index (χ2n) is 9.68. The van der Waals surface area contributed by atoms with Gasteiger partial charge in [-0.05, 0) is 47.9 Å². The summed E-state index contributed by atoms with van der Waals surface area (Å²) in [5.41, 5.74) is 3.38. The zero-order valence-electron chi connectivity index (χ0n) is 22.7. The van der Waals surface area contributed by atoms with Crippen LogP contribution in [0.5, 0.6) is 5.75 Å². The number of fused-ring (bicyclic) bond motifs is 2. The molecule has 0 aliphatic carbocycles. The van der Waals surface area contributed by atoms with Gasteiger partial charge in [0.15, 0.2) is 4.80 Å². The van der Waals surface area contributed by atoms with Crippen LogP contribution in [0.3, 0.4) is 0 Å². The van der Waals surface area contributed by atoms with E-state index in [0.29, 0.717) is 33.0 Å². The average molecular weight is 561 g/mol. The van der Waals surface area contributed by atoms with Crippen molar-refractivity contribution in [3.05, 3.63) is 145 Å². The van der Waals surface area contributed by atoms with Crippen LogP contribution in [0.15, 0.2) is 118 Å². The number of para-hydroxylation sites is 1. The summed E-state index contributed by atoms with van der Waals surface area (Å²) in [5.74, 6) is 0.207. The van der Waals surface area contributed by atoms with E-state index >= 15 is 0 Å². The molecule has 1 atom stereocenters. The van der Waals surface area contributed by atoms with Crippen molar-refractivity contribution in [3.63, 3.8) is 0 Å². The molecule has 0 amide bonds. The minimum absolute atomic E-state index is 0.222. The molecule has 0 spiro atoms. The highest BCUT2D eigenvalue weighted by Gasteiger charge is 2.33. The number of ether oxygens (including phenoxy) is 2. The summed E-state index contributed by atoms with van der Waals surface area (Å²) in [6.45, 7) is 4.18. The van der Waals surface area contributed by atoms with E-state index in [1.165, 1.54) is 11.3 Å². The van der Waals surface area contributed by atoms with Crippen molar-refractivity contribution in [1.82, 2.24) is 4.57 Å². The Bertz CT molecular complexity index is 1970. The molecule has 0 bridgehead atoms. The van der Waals surface area contributed by atoms with E-state index in [-0.39, 0.29) is 12.2 Å². The standard InChI is InChI=1S/C34H28N2O4S/c1-3-39-33(38)30-22(2)35-34-36(31(30)24-13-5-4-6-14-24)32(37)29(41-34)20-25-15-8-10-19-28(25)40-21-26-17-11-16-23-12-7-9-18-27(23)26/h4-20,31H,3,21H2,1-2H3/b29-20-. The molecule has 5 aromatic rings. The number of hydrogen-bond donors (Lipinski definition) is 0. The first-order valence-electron chi connectivity index (χ1n) is 13.5. The van der Waals surface area contributed by atoms with E-state index in [2.05, 4.69) is 29.3 Å². The predicted molar refractivity (Wildman–Crippen MR) is 162 cm³/mol. The van der Waals surface area contributed by atoms with E-state index in [9.17, 15) is 9.59 Å². The molecule has 0 saturated carbocycles. The molecule has 6 rings (SSSR count). The minimum atomic E-state index is -0.633. The van der Waals surface area contributed by atoms with Gasteiger partial charge in [-0.3, -0.25) is 9.36 Å². The molecule has 41 heavy (non-hydrogen) atoms. The third-order valence-electron chi connectivity index (χ3n) is 7.10. The summed E-state index contributed by atoms with van der Waals surface area (Å²) in [7, 11) is 0. The Balaban J connectivity index is 1.41. The lowest BCUT2D eigenvalue weighted by atomic mass is 9.96. The highest BCUT2D eigenvalue weighted by Crippen LogP contribution is 2.30. The molecule has 7 heteroatoms. The Morgan fingerprint density at radius 3 is 2.51 bits per heavy atom. The first kappa shape index (κ1) is 26.5. The minimum Gasteiger partial charge on any atom is -0.488 e. The third-order valence-corrected chi connectivity index (χ3v) is 8.08. The van der Waals surface area contributed by atoms with Crippen molar-refractivity contribution in [2.75, 3.05) is 6.61 Å². The number of benzene rings is 4. The lowest BCUT2D eigenvalue weighted by Crippen LogP contribution is -2.39. The molecule has 2 heterocycles. The Kier molecular flexibility index (Phi) is 7.35. The average Bonchev–Trinajstić information content (AvgIpc) is 3.30. The lowest BCUT2D eigenvalue weighted by molar-refractivity contribution is -0.139. The maximum absolute atomic E-state index is 13.9. The van der Waals surface area contributed by atoms with Crippen molar-refractivity contribution >= 4 is 34.2 Å². The van der Waals surface area contributed by atoms with E-state index in [1.807, 2.05) is 78.9 Å². The fourth-order valence-electron chi connectivity index (χ4n) is 5.19. The smallest absolute Gasteiger partial charge is 0.338 e. The zero-order chi connectivity index (χ0) is 28.3. The second kappa shape index (κ2) is 11.4. The number of thiazole rings is 1. The number of rotatable bonds is 7. The Morgan fingerprint density at radius 1 is 0.951 bits per heavy atom. The lowest BCUT2D eigenvalue weighted by Gasteiger charge is -2.24. The maximum Gasteiger partial charge on any atom is 0.338 e. The van der Waals surface area contributed by atoms with Gasteiger partial charge in [-0.2, -0.15) is 0 Å². The summed E-state index contributed by atoms with van der Waals surface area (Å²) in [5, 5.41) is 2.31. The molecular weight excluding hydrogens is 532 g/mol. The molecule has 204 valence electrons. The van der Waals surface area contributed by atoms with Crippen LogP contribution in [0.25, 0.3) is 16.8 Å². The molecule has 1 aliphatic heterocycles. The molecule has 1 unspecified atom stereocenters. The SMILES string of the molecule is CCOC(=O)C1=C(C)N=c2s/c(=C\c3ccccc3OCc3cccc4ccccc34)c(=O)n2C1c1ccccc1. The monoisotopic (exact) mass is 560 g/mol. The van der Waals surface area contributed by atoms with E-state index in [1.54, 1.807) is 18.4 Å². The van der Waals surface area contributed by atoms with E-state index in [0.717, 1.165) is 27.5 Å². The van der Waals surface area contributed by atoms with Crippen molar-refractivity contribution in [2.45, 2.75) is 26.5 Å². The molecule has 1 aromatic heterocycles. The Morgan fingerprint density at radius 2 is 1.68 bits per heavy atom. The first-order valence-corrected chi connectivity index (χ1v) is 14.3. The third kappa shape index (κ3) is 5.12. The van der Waals surface area contributed by atoms with E-state index in [4.69, 9.17) is 9.47 Å². The number of allylic oxidation sites excluding steroid dienone is 1. The molecule has 0 saturated heterocycles. The molecule has 0 radical (unpaired) electrons. The number of esters is 1. The first-order chi connectivity index (χ1) is 20.0. The molecular formula is C34H28N2O4S. The second-order valence-corrected chi connectivity index (χ2v) is 10.7. The number of nitrogens with zero attached hydrogens (tertiary/aromatic N) is 2. The summed E-state index contributed by atoms with van der Waals surface area (Å²) in [6, 6.07) is 31.0. The number of hydrogen-bond acceptors (Lipinski definition) is 6. The normalized spacial score (nSPS) is 15.0. The van der Waals surface area contributed by atoms with Gasteiger partial charge in [0.25, 0.3) is 5.56 Å². The van der Waals surface area contributed by atoms with Gasteiger partial charge in [0, 0.05) is 5.56 Å². The quantitative estimate of drug-likeness (QED) is 0.246. The van der Waals surface area contributed by atoms with Crippen molar-refractivity contribution < 1.29 is 14.3 Å². The van der Waals surface area contributed by atoms with Crippen LogP contribution in [-0.4, -0.2) is 17.1 Å². The molecule has 1 aliphatic rings. The fraction of sp³-hybridized carbons (Fsp3) is 0.147. The van der Waals surface area contributed by atoms with Gasteiger partial charge in [0.1, 0.15) is 12.4 Å². The summed E-state index contributed by atoms with van der Waals surface area (Å²) >= 11 is 1.30. The Labute approximate surface area is 241 Å². The van der Waals surface area contributed by atoms with Gasteiger partial charge in [0.2, 0.25) is 0 Å². The van der Waals surface area contributed by atoms with Crippen LogP contribution >= 0.6 is 11.3 Å². The van der Waals surface area contributed by atoms with Gasteiger partial charge in [-0.25, -0.2) is 9.79 Å².